The van der Waals surface area contributed by atoms with Gasteiger partial charge in [0.15, 0.2) is 10.1 Å². The molecule has 144 valence electrons. The topological polar surface area (TPSA) is 95.9 Å². The van der Waals surface area contributed by atoms with Gasteiger partial charge in [-0.2, -0.15) is 5.26 Å². The van der Waals surface area contributed by atoms with Gasteiger partial charge in [-0.1, -0.05) is 23.1 Å². The maximum atomic E-state index is 13.0. The highest BCUT2D eigenvalue weighted by atomic mass is 32.2. The fourth-order valence-electron chi connectivity index (χ4n) is 3.93. The number of carbonyl (C=O) groups is 1. The Morgan fingerprint density at radius 2 is 2.11 bits per heavy atom. The minimum atomic E-state index is -0.401. The molecule has 4 rings (SSSR count). The van der Waals surface area contributed by atoms with Crippen LogP contribution in [0.5, 0.6) is 0 Å². The van der Waals surface area contributed by atoms with Gasteiger partial charge < -0.3 is 5.73 Å². The number of allylic oxidation sites excluding steroid dienone is 3. The van der Waals surface area contributed by atoms with Crippen molar-refractivity contribution in [2.45, 2.75) is 43.4 Å². The summed E-state index contributed by atoms with van der Waals surface area (Å²) in [7, 11) is 0. The fourth-order valence-corrected chi connectivity index (χ4v) is 6.19. The van der Waals surface area contributed by atoms with E-state index in [-0.39, 0.29) is 5.78 Å². The number of Topliss-reactive ketones (excluding diaryl/α,β-unsaturated/α-hetero) is 1. The van der Waals surface area contributed by atoms with Gasteiger partial charge in [0.05, 0.1) is 17.6 Å². The van der Waals surface area contributed by atoms with Gasteiger partial charge in [-0.3, -0.25) is 9.69 Å². The van der Waals surface area contributed by atoms with Crippen LogP contribution < -0.4 is 10.6 Å². The molecule has 0 fully saturated rings. The molecule has 2 aromatic heterocycles. The largest absolute Gasteiger partial charge is 0.384 e. The Morgan fingerprint density at radius 3 is 2.71 bits per heavy atom. The Morgan fingerprint density at radius 1 is 1.32 bits per heavy atom. The third kappa shape index (κ3) is 2.96. The quantitative estimate of drug-likeness (QED) is 0.729. The monoisotopic (exact) mass is 429 g/mol. The number of thioether (sulfide) groups is 1. The van der Waals surface area contributed by atoms with E-state index >= 15 is 0 Å². The van der Waals surface area contributed by atoms with Crippen molar-refractivity contribution in [1.82, 2.24) is 10.2 Å². The maximum Gasteiger partial charge on any atom is 0.219 e. The van der Waals surface area contributed by atoms with E-state index in [0.717, 1.165) is 38.2 Å². The van der Waals surface area contributed by atoms with Crippen LogP contribution in [0.2, 0.25) is 0 Å². The Balaban J connectivity index is 1.96. The van der Waals surface area contributed by atoms with E-state index in [9.17, 15) is 10.1 Å². The van der Waals surface area contributed by atoms with Gasteiger partial charge in [-0.15, -0.1) is 21.5 Å². The molecular weight excluding hydrogens is 410 g/mol. The number of hydrogen-bond acceptors (Lipinski definition) is 9. The first-order valence-corrected chi connectivity index (χ1v) is 11.7. The van der Waals surface area contributed by atoms with E-state index in [2.05, 4.69) is 22.3 Å². The van der Waals surface area contributed by atoms with Gasteiger partial charge in [0, 0.05) is 27.4 Å². The molecule has 0 saturated carbocycles. The zero-order valence-electron chi connectivity index (χ0n) is 15.8. The van der Waals surface area contributed by atoms with Crippen LogP contribution in [-0.4, -0.2) is 22.2 Å². The van der Waals surface area contributed by atoms with Gasteiger partial charge in [0.1, 0.15) is 5.82 Å². The highest BCUT2D eigenvalue weighted by Gasteiger charge is 2.42. The number of aryl methyl sites for hydroxylation is 2. The van der Waals surface area contributed by atoms with Crippen molar-refractivity contribution in [3.8, 4) is 6.07 Å². The molecule has 9 heteroatoms. The molecule has 0 bridgehead atoms. The second-order valence-electron chi connectivity index (χ2n) is 6.74. The van der Waals surface area contributed by atoms with Gasteiger partial charge in [0.25, 0.3) is 0 Å². The maximum absolute atomic E-state index is 13.0. The Kier molecular flexibility index (Phi) is 5.04. The highest BCUT2D eigenvalue weighted by molar-refractivity contribution is 8.00. The smallest absolute Gasteiger partial charge is 0.219 e. The zero-order valence-corrected chi connectivity index (χ0v) is 18.2. The summed E-state index contributed by atoms with van der Waals surface area (Å²) < 4.78 is 0.817. The van der Waals surface area contributed by atoms with Crippen LogP contribution in [0.25, 0.3) is 0 Å². The third-order valence-corrected chi connectivity index (χ3v) is 7.93. The number of nitriles is 1. The van der Waals surface area contributed by atoms with Crippen LogP contribution in [0.15, 0.2) is 33.1 Å². The van der Waals surface area contributed by atoms with Gasteiger partial charge in [-0.25, -0.2) is 0 Å². The molecule has 28 heavy (non-hydrogen) atoms. The number of carbonyl (C=O) groups excluding carboxylic acids is 1. The van der Waals surface area contributed by atoms with E-state index in [4.69, 9.17) is 5.73 Å². The lowest BCUT2D eigenvalue weighted by Gasteiger charge is -2.38. The van der Waals surface area contributed by atoms with E-state index in [0.29, 0.717) is 28.5 Å². The number of hydrogen-bond donors (Lipinski definition) is 1. The molecule has 0 radical (unpaired) electrons. The number of ketones is 1. The number of anilines is 1. The second kappa shape index (κ2) is 7.35. The predicted octanol–water partition coefficient (Wildman–Crippen LogP) is 4.24. The van der Waals surface area contributed by atoms with Crippen LogP contribution in [-0.2, 0) is 4.79 Å². The van der Waals surface area contributed by atoms with Crippen LogP contribution >= 0.6 is 34.4 Å². The molecular formula is C19H19N5OS3. The molecule has 0 saturated heterocycles. The van der Waals surface area contributed by atoms with Crippen molar-refractivity contribution in [3.05, 3.63) is 44.0 Å². The van der Waals surface area contributed by atoms with E-state index < -0.39 is 5.92 Å². The first-order chi connectivity index (χ1) is 13.5. The SMILES string of the molecule is CSc1nnc(N2C(N)=C(C#N)C(c3cc(C)sc3C)C3=C2CCCC3=O)s1. The minimum absolute atomic E-state index is 0.0920. The van der Waals surface area contributed by atoms with Crippen LogP contribution in [0.1, 0.15) is 40.5 Å². The summed E-state index contributed by atoms with van der Waals surface area (Å²) >= 11 is 4.60. The van der Waals surface area contributed by atoms with Gasteiger partial charge in [0.2, 0.25) is 5.13 Å². The van der Waals surface area contributed by atoms with Gasteiger partial charge in [-0.05, 0) is 44.6 Å². The van der Waals surface area contributed by atoms with Crippen molar-refractivity contribution < 1.29 is 4.79 Å². The summed E-state index contributed by atoms with van der Waals surface area (Å²) in [6.07, 6.45) is 3.93. The molecule has 1 aliphatic carbocycles. The van der Waals surface area contributed by atoms with Crippen LogP contribution in [0, 0.1) is 25.2 Å². The van der Waals surface area contributed by atoms with E-state index in [1.54, 1.807) is 16.2 Å². The normalized spacial score (nSPS) is 19.9. The fraction of sp³-hybridized carbons (Fsp3) is 0.368. The molecule has 6 nitrogen and oxygen atoms in total. The van der Waals surface area contributed by atoms with E-state index in [1.165, 1.54) is 23.1 Å². The minimum Gasteiger partial charge on any atom is -0.384 e. The summed E-state index contributed by atoms with van der Waals surface area (Å²) in [6, 6.07) is 4.37. The molecule has 0 aromatic carbocycles. The first-order valence-electron chi connectivity index (χ1n) is 8.86. The highest BCUT2D eigenvalue weighted by Crippen LogP contribution is 2.48. The van der Waals surface area contributed by atoms with Crippen LogP contribution in [0.4, 0.5) is 5.13 Å². The summed E-state index contributed by atoms with van der Waals surface area (Å²) in [5, 5.41) is 19.0. The molecule has 2 N–H and O–H groups in total. The third-order valence-electron chi connectivity index (χ3n) is 5.07. The predicted molar refractivity (Wildman–Crippen MR) is 113 cm³/mol. The average molecular weight is 430 g/mol. The lowest BCUT2D eigenvalue weighted by molar-refractivity contribution is -0.116. The summed E-state index contributed by atoms with van der Waals surface area (Å²) in [6.45, 7) is 4.08. The summed E-state index contributed by atoms with van der Waals surface area (Å²) in [4.78, 5) is 17.1. The first kappa shape index (κ1) is 19.2. The molecule has 1 atom stereocenters. The van der Waals surface area contributed by atoms with E-state index in [1.807, 2.05) is 20.1 Å². The standard InChI is InChI=1S/C19H19N5OS3/c1-9-7-11(10(2)27-9)15-12(8-20)17(21)24(18-22-23-19(26-3)28-18)13-5-4-6-14(25)16(13)15/h7,15H,4-6,21H2,1-3H3. The van der Waals surface area contributed by atoms with Crippen molar-refractivity contribution in [3.63, 3.8) is 0 Å². The number of thiophene rings is 1. The molecule has 1 unspecified atom stereocenters. The molecule has 3 heterocycles. The number of rotatable bonds is 3. The lowest BCUT2D eigenvalue weighted by Crippen LogP contribution is -2.38. The van der Waals surface area contributed by atoms with Crippen LogP contribution in [0.3, 0.4) is 0 Å². The van der Waals surface area contributed by atoms with Crippen molar-refractivity contribution in [2.24, 2.45) is 5.73 Å². The Labute approximate surface area is 175 Å². The Hall–Kier alpha value is -2.15. The van der Waals surface area contributed by atoms with Crippen molar-refractivity contribution in [2.75, 3.05) is 11.2 Å². The summed E-state index contributed by atoms with van der Waals surface area (Å²) in [5.41, 5.74) is 9.50. The second-order valence-corrected chi connectivity index (χ2v) is 10.2. The molecule has 1 aliphatic heterocycles. The summed E-state index contributed by atoms with van der Waals surface area (Å²) in [5.74, 6) is 0.0457. The lowest BCUT2D eigenvalue weighted by atomic mass is 9.76. The van der Waals surface area contributed by atoms with Crippen molar-refractivity contribution in [1.29, 1.82) is 5.26 Å². The van der Waals surface area contributed by atoms with Crippen molar-refractivity contribution >= 4 is 45.4 Å². The Bertz CT molecular complexity index is 1070. The molecule has 2 aromatic rings. The molecule has 2 aliphatic rings. The zero-order chi connectivity index (χ0) is 20.0. The van der Waals surface area contributed by atoms with Gasteiger partial charge >= 0.3 is 0 Å². The number of aromatic nitrogens is 2. The average Bonchev–Trinajstić information content (AvgIpc) is 3.26. The number of nitrogens with zero attached hydrogens (tertiary/aromatic N) is 4. The molecule has 0 amide bonds. The number of nitrogens with two attached hydrogens (primary N) is 1. The molecule has 0 spiro atoms.